The lowest BCUT2D eigenvalue weighted by molar-refractivity contribution is 0.214. The lowest BCUT2D eigenvalue weighted by Gasteiger charge is -2.22. The van der Waals surface area contributed by atoms with Crippen LogP contribution in [0, 0.1) is 0 Å². The molecule has 3 aromatic heterocycles. The zero-order valence-electron chi connectivity index (χ0n) is 14.5. The Kier molecular flexibility index (Phi) is 3.60. The Morgan fingerprint density at radius 3 is 2.92 bits per heavy atom. The van der Waals surface area contributed by atoms with Crippen molar-refractivity contribution in [3.63, 3.8) is 0 Å². The first-order valence-corrected chi connectivity index (χ1v) is 8.81. The van der Waals surface area contributed by atoms with E-state index < -0.39 is 0 Å². The summed E-state index contributed by atoms with van der Waals surface area (Å²) in [4.78, 5) is 7.23. The number of nitrogens with zero attached hydrogens (tertiary/aromatic N) is 5. The minimum Gasteiger partial charge on any atom is -0.459 e. The van der Waals surface area contributed by atoms with Crippen LogP contribution in [0.3, 0.4) is 0 Å². The van der Waals surface area contributed by atoms with Crippen LogP contribution in [0.15, 0.2) is 51.5 Å². The SMILES string of the molecule is Cn1c(C2CCCN2Cc2nnc(-c3ccco3)o2)nc2ccccc21. The summed E-state index contributed by atoms with van der Waals surface area (Å²) >= 11 is 0. The van der Waals surface area contributed by atoms with Crippen molar-refractivity contribution >= 4 is 11.0 Å². The molecule has 0 spiro atoms. The molecule has 1 saturated heterocycles. The van der Waals surface area contributed by atoms with Crippen molar-refractivity contribution in [2.24, 2.45) is 7.05 Å². The summed E-state index contributed by atoms with van der Waals surface area (Å²) < 4.78 is 13.3. The highest BCUT2D eigenvalue weighted by molar-refractivity contribution is 5.75. The van der Waals surface area contributed by atoms with Gasteiger partial charge in [-0.25, -0.2) is 4.98 Å². The summed E-state index contributed by atoms with van der Waals surface area (Å²) in [5, 5.41) is 8.28. The Morgan fingerprint density at radius 2 is 2.08 bits per heavy atom. The highest BCUT2D eigenvalue weighted by Crippen LogP contribution is 2.34. The van der Waals surface area contributed by atoms with Crippen LogP contribution >= 0.6 is 0 Å². The van der Waals surface area contributed by atoms with Crippen LogP contribution in [0.5, 0.6) is 0 Å². The first-order chi connectivity index (χ1) is 12.8. The Labute approximate surface area is 150 Å². The second kappa shape index (κ2) is 6.10. The van der Waals surface area contributed by atoms with E-state index in [9.17, 15) is 0 Å². The molecule has 1 aromatic carbocycles. The number of furan rings is 1. The summed E-state index contributed by atoms with van der Waals surface area (Å²) in [6, 6.07) is 12.1. The zero-order chi connectivity index (χ0) is 17.5. The van der Waals surface area contributed by atoms with Gasteiger partial charge < -0.3 is 13.4 Å². The van der Waals surface area contributed by atoms with Gasteiger partial charge in [0.1, 0.15) is 5.82 Å². The van der Waals surface area contributed by atoms with Gasteiger partial charge in [-0.3, -0.25) is 4.90 Å². The normalized spacial score (nSPS) is 18.1. The number of hydrogen-bond donors (Lipinski definition) is 0. The lowest BCUT2D eigenvalue weighted by atomic mass is 10.2. The Bertz CT molecular complexity index is 1030. The molecule has 4 heterocycles. The van der Waals surface area contributed by atoms with Crippen LogP contribution in [0.4, 0.5) is 0 Å². The highest BCUT2D eigenvalue weighted by Gasteiger charge is 2.31. The number of fused-ring (bicyclic) bond motifs is 1. The van der Waals surface area contributed by atoms with Gasteiger partial charge in [0.05, 0.1) is 29.9 Å². The molecule has 26 heavy (non-hydrogen) atoms. The smallest absolute Gasteiger partial charge is 0.283 e. The summed E-state index contributed by atoms with van der Waals surface area (Å²) in [6.45, 7) is 1.61. The van der Waals surface area contributed by atoms with E-state index in [-0.39, 0.29) is 6.04 Å². The molecule has 5 rings (SSSR count). The molecule has 0 bridgehead atoms. The molecule has 0 N–H and O–H groups in total. The largest absolute Gasteiger partial charge is 0.459 e. The molecule has 0 aliphatic carbocycles. The van der Waals surface area contributed by atoms with Crippen molar-refractivity contribution < 1.29 is 8.83 Å². The molecule has 4 aromatic rings. The topological polar surface area (TPSA) is 73.1 Å². The third-order valence-electron chi connectivity index (χ3n) is 5.02. The molecule has 1 aliphatic rings. The first-order valence-electron chi connectivity index (χ1n) is 8.81. The number of para-hydroxylation sites is 2. The third kappa shape index (κ3) is 2.52. The maximum Gasteiger partial charge on any atom is 0.283 e. The minimum absolute atomic E-state index is 0.256. The van der Waals surface area contributed by atoms with Gasteiger partial charge in [0.25, 0.3) is 5.89 Å². The van der Waals surface area contributed by atoms with Crippen molar-refractivity contribution in [1.82, 2.24) is 24.6 Å². The van der Waals surface area contributed by atoms with Crippen molar-refractivity contribution in [2.75, 3.05) is 6.54 Å². The molecule has 1 unspecified atom stereocenters. The number of imidazole rings is 1. The van der Waals surface area contributed by atoms with E-state index in [1.807, 2.05) is 12.1 Å². The van der Waals surface area contributed by atoms with Crippen LogP contribution in [0.25, 0.3) is 22.7 Å². The third-order valence-corrected chi connectivity index (χ3v) is 5.02. The molecule has 132 valence electrons. The van der Waals surface area contributed by atoms with Gasteiger partial charge >= 0.3 is 0 Å². The number of benzene rings is 1. The molecular weight excluding hydrogens is 330 g/mol. The maximum atomic E-state index is 5.78. The Morgan fingerprint density at radius 1 is 1.15 bits per heavy atom. The fourth-order valence-electron chi connectivity index (χ4n) is 3.76. The zero-order valence-corrected chi connectivity index (χ0v) is 14.5. The number of hydrogen-bond acceptors (Lipinski definition) is 6. The van der Waals surface area contributed by atoms with E-state index in [0.29, 0.717) is 24.1 Å². The molecule has 0 saturated carbocycles. The predicted octanol–water partition coefficient (Wildman–Crippen LogP) is 3.55. The minimum atomic E-state index is 0.256. The molecule has 1 atom stereocenters. The van der Waals surface area contributed by atoms with Crippen LogP contribution in [0.1, 0.15) is 30.6 Å². The summed E-state index contributed by atoms with van der Waals surface area (Å²) in [6.07, 6.45) is 3.81. The van der Waals surface area contributed by atoms with Gasteiger partial charge in [-0.15, -0.1) is 10.2 Å². The summed E-state index contributed by atoms with van der Waals surface area (Å²) in [5.41, 5.74) is 2.20. The average molecular weight is 349 g/mol. The molecule has 0 amide bonds. The molecular formula is C19H19N5O2. The van der Waals surface area contributed by atoms with E-state index >= 15 is 0 Å². The molecule has 7 heteroatoms. The van der Waals surface area contributed by atoms with Gasteiger partial charge in [0.2, 0.25) is 5.89 Å². The van der Waals surface area contributed by atoms with Gasteiger partial charge in [-0.2, -0.15) is 0 Å². The number of rotatable bonds is 4. The Hall–Kier alpha value is -2.93. The summed E-state index contributed by atoms with van der Waals surface area (Å²) in [5.74, 6) is 2.71. The van der Waals surface area contributed by atoms with Gasteiger partial charge in [-0.05, 0) is 43.7 Å². The van der Waals surface area contributed by atoms with Crippen LogP contribution in [-0.2, 0) is 13.6 Å². The standard InChI is InChI=1S/C19H19N5O2/c1-23-14-7-3-2-6-13(14)20-18(23)15-8-4-10-24(15)12-17-21-22-19(26-17)16-9-5-11-25-16/h2-3,5-7,9,11,15H,4,8,10,12H2,1H3. The molecule has 0 radical (unpaired) electrons. The van der Waals surface area contributed by atoms with Crippen molar-refractivity contribution in [2.45, 2.75) is 25.4 Å². The van der Waals surface area contributed by atoms with E-state index in [1.165, 1.54) is 0 Å². The van der Waals surface area contributed by atoms with Crippen molar-refractivity contribution in [3.05, 3.63) is 54.4 Å². The number of aryl methyl sites for hydroxylation is 1. The molecule has 1 fully saturated rings. The van der Waals surface area contributed by atoms with E-state index in [2.05, 4.69) is 44.9 Å². The summed E-state index contributed by atoms with van der Waals surface area (Å²) in [7, 11) is 2.09. The van der Waals surface area contributed by atoms with Gasteiger partial charge in [0.15, 0.2) is 5.76 Å². The van der Waals surface area contributed by atoms with Crippen LogP contribution < -0.4 is 0 Å². The van der Waals surface area contributed by atoms with Crippen molar-refractivity contribution in [1.29, 1.82) is 0 Å². The fraction of sp³-hybridized carbons (Fsp3) is 0.316. The molecule has 7 nitrogen and oxygen atoms in total. The van der Waals surface area contributed by atoms with Crippen molar-refractivity contribution in [3.8, 4) is 11.7 Å². The van der Waals surface area contributed by atoms with E-state index in [0.717, 1.165) is 36.2 Å². The van der Waals surface area contributed by atoms with Crippen LogP contribution in [0.2, 0.25) is 0 Å². The second-order valence-electron chi connectivity index (χ2n) is 6.62. The van der Waals surface area contributed by atoms with Crippen LogP contribution in [-0.4, -0.2) is 31.2 Å². The van der Waals surface area contributed by atoms with Gasteiger partial charge in [0, 0.05) is 7.05 Å². The molecule has 1 aliphatic heterocycles. The average Bonchev–Trinajstić information content (AvgIpc) is 3.42. The predicted molar refractivity (Wildman–Crippen MR) is 95.1 cm³/mol. The lowest BCUT2D eigenvalue weighted by Crippen LogP contribution is -2.25. The Balaban J connectivity index is 1.41. The highest BCUT2D eigenvalue weighted by atomic mass is 16.4. The fourth-order valence-corrected chi connectivity index (χ4v) is 3.76. The number of aromatic nitrogens is 4. The second-order valence-corrected chi connectivity index (χ2v) is 6.62. The van der Waals surface area contributed by atoms with Gasteiger partial charge in [-0.1, -0.05) is 12.1 Å². The van der Waals surface area contributed by atoms with E-state index in [4.69, 9.17) is 13.8 Å². The first kappa shape index (κ1) is 15.3. The quantitative estimate of drug-likeness (QED) is 0.561. The monoisotopic (exact) mass is 349 g/mol. The number of likely N-dealkylation sites (tertiary alicyclic amines) is 1. The van der Waals surface area contributed by atoms with E-state index in [1.54, 1.807) is 12.3 Å². The maximum absolute atomic E-state index is 5.78.